The Kier molecular flexibility index (Phi) is 9.47. The van der Waals surface area contributed by atoms with Gasteiger partial charge in [0.1, 0.15) is 0 Å². The van der Waals surface area contributed by atoms with Crippen LogP contribution in [0.1, 0.15) is 20.7 Å². The summed E-state index contributed by atoms with van der Waals surface area (Å²) < 4.78 is 57.0. The Morgan fingerprint density at radius 2 is 0.933 bits per heavy atom. The molecular formula is C32H21BrCl2N2O6S2. The van der Waals surface area contributed by atoms with Crippen molar-refractivity contribution in [1.29, 1.82) is 0 Å². The van der Waals surface area contributed by atoms with Gasteiger partial charge >= 0.3 is 0 Å². The number of hydrogen-bond donors (Lipinski definition) is 0. The predicted molar refractivity (Wildman–Crippen MR) is 178 cm³/mol. The number of rotatable bonds is 8. The molecule has 2 amide bonds. The highest BCUT2D eigenvalue weighted by atomic mass is 79.9. The number of benzene rings is 5. The Labute approximate surface area is 278 Å². The van der Waals surface area contributed by atoms with Crippen molar-refractivity contribution in [3.63, 3.8) is 0 Å². The van der Waals surface area contributed by atoms with E-state index >= 15 is 0 Å². The van der Waals surface area contributed by atoms with E-state index in [0.717, 1.165) is 0 Å². The number of carbonyl (C=O) groups is 2. The molecule has 0 aliphatic heterocycles. The van der Waals surface area contributed by atoms with Gasteiger partial charge in [-0.1, -0.05) is 59.6 Å². The van der Waals surface area contributed by atoms with Gasteiger partial charge < -0.3 is 0 Å². The van der Waals surface area contributed by atoms with Gasteiger partial charge in [0.15, 0.2) is 0 Å². The highest BCUT2D eigenvalue weighted by Gasteiger charge is 2.36. The Morgan fingerprint density at radius 1 is 0.533 bits per heavy atom. The van der Waals surface area contributed by atoms with Crippen LogP contribution >= 0.6 is 39.1 Å². The van der Waals surface area contributed by atoms with Gasteiger partial charge in [-0.25, -0.2) is 16.8 Å². The maximum absolute atomic E-state index is 14.0. The van der Waals surface area contributed by atoms with Gasteiger partial charge in [-0.2, -0.15) is 8.61 Å². The molecule has 0 bridgehead atoms. The molecule has 0 saturated heterocycles. The fraction of sp³-hybridized carbons (Fsp3) is 0. The third kappa shape index (κ3) is 6.68. The lowest BCUT2D eigenvalue weighted by Crippen LogP contribution is -2.38. The summed E-state index contributed by atoms with van der Waals surface area (Å²) in [5.74, 6) is -1.73. The van der Waals surface area contributed by atoms with Crippen LogP contribution in [0.4, 0.5) is 11.4 Å². The fourth-order valence-corrected chi connectivity index (χ4v) is 8.07. The number of hydrogen-bond acceptors (Lipinski definition) is 6. The molecule has 8 nitrogen and oxygen atoms in total. The minimum Gasteiger partial charge on any atom is -0.268 e. The maximum atomic E-state index is 14.0. The molecule has 5 rings (SSSR count). The molecule has 0 aliphatic carbocycles. The third-order valence-corrected chi connectivity index (χ3v) is 11.1. The number of anilines is 2. The van der Waals surface area contributed by atoms with Crippen molar-refractivity contribution in [3.05, 3.63) is 153 Å². The van der Waals surface area contributed by atoms with Gasteiger partial charge in [0.05, 0.1) is 21.2 Å². The highest BCUT2D eigenvalue weighted by molar-refractivity contribution is 9.10. The van der Waals surface area contributed by atoms with E-state index in [2.05, 4.69) is 15.9 Å². The molecule has 228 valence electrons. The van der Waals surface area contributed by atoms with Crippen LogP contribution in [0.15, 0.2) is 142 Å². The average molecular weight is 744 g/mol. The molecule has 0 fully saturated rings. The number of carbonyl (C=O) groups excluding carboxylic acids is 2. The average Bonchev–Trinajstić information content (AvgIpc) is 3.03. The van der Waals surface area contributed by atoms with Gasteiger partial charge in [0, 0.05) is 25.6 Å². The first-order valence-electron chi connectivity index (χ1n) is 13.0. The van der Waals surface area contributed by atoms with Crippen LogP contribution in [0.3, 0.4) is 0 Å². The SMILES string of the molecule is O=C(c1ccccc1)N(c1ccc(N(C(=O)c2ccccc2)S(=O)(=O)c2ccc(Cl)cc2)c(Br)c1)S(=O)(=O)c1ccc(Cl)cc1. The van der Waals surface area contributed by atoms with Gasteiger partial charge in [-0.3, -0.25) is 9.59 Å². The Bertz CT molecular complexity index is 2100. The van der Waals surface area contributed by atoms with Crippen molar-refractivity contribution in [3.8, 4) is 0 Å². The van der Waals surface area contributed by atoms with Crippen molar-refractivity contribution in [2.75, 3.05) is 8.61 Å². The van der Waals surface area contributed by atoms with E-state index in [0.29, 0.717) is 18.7 Å². The normalized spacial score (nSPS) is 11.5. The second-order valence-electron chi connectivity index (χ2n) is 9.42. The monoisotopic (exact) mass is 742 g/mol. The third-order valence-electron chi connectivity index (χ3n) is 6.50. The Hall–Kier alpha value is -4.00. The van der Waals surface area contributed by atoms with Crippen molar-refractivity contribution < 1.29 is 26.4 Å². The summed E-state index contributed by atoms with van der Waals surface area (Å²) in [6.07, 6.45) is 0. The summed E-state index contributed by atoms with van der Waals surface area (Å²) >= 11 is 15.3. The second kappa shape index (κ2) is 13.2. The molecule has 0 unspecified atom stereocenters. The molecule has 0 N–H and O–H groups in total. The number of sulfonamides is 2. The molecule has 0 saturated carbocycles. The molecule has 5 aromatic carbocycles. The summed E-state index contributed by atoms with van der Waals surface area (Å²) in [6.45, 7) is 0. The van der Waals surface area contributed by atoms with E-state index in [4.69, 9.17) is 23.2 Å². The first-order chi connectivity index (χ1) is 21.4. The standard InChI is InChI=1S/C32H21BrCl2N2O6S2/c33-29-21-26(36(31(38)22-7-3-1-4-8-22)44(40,41)27-16-11-24(34)12-17-27)15-20-30(29)37(32(39)23-9-5-2-6-10-23)45(42,43)28-18-13-25(35)14-19-28/h1-21H. The van der Waals surface area contributed by atoms with E-state index in [-0.39, 0.29) is 36.8 Å². The summed E-state index contributed by atoms with van der Waals surface area (Å²) in [6, 6.07) is 29.9. The number of halogens is 3. The summed E-state index contributed by atoms with van der Waals surface area (Å²) in [7, 11) is -9.03. The van der Waals surface area contributed by atoms with Crippen LogP contribution in [0, 0.1) is 0 Å². The van der Waals surface area contributed by atoms with E-state index in [1.54, 1.807) is 36.4 Å². The van der Waals surface area contributed by atoms with Crippen molar-refractivity contribution in [2.24, 2.45) is 0 Å². The van der Waals surface area contributed by atoms with E-state index in [9.17, 15) is 26.4 Å². The molecule has 5 aromatic rings. The Morgan fingerprint density at radius 3 is 1.36 bits per heavy atom. The zero-order valence-electron chi connectivity index (χ0n) is 22.9. The lowest BCUT2D eigenvalue weighted by atomic mass is 10.2. The summed E-state index contributed by atoms with van der Waals surface area (Å²) in [4.78, 5) is 27.1. The molecular weight excluding hydrogens is 723 g/mol. The van der Waals surface area contributed by atoms with Crippen molar-refractivity contribution >= 4 is 82.4 Å². The van der Waals surface area contributed by atoms with Crippen LogP contribution < -0.4 is 8.61 Å². The zero-order valence-corrected chi connectivity index (χ0v) is 27.6. The van der Waals surface area contributed by atoms with E-state index < -0.39 is 31.9 Å². The smallest absolute Gasteiger partial charge is 0.268 e. The fourth-order valence-electron chi connectivity index (χ4n) is 4.32. The van der Waals surface area contributed by atoms with Crippen LogP contribution in [-0.2, 0) is 20.0 Å². The molecule has 0 heterocycles. The lowest BCUT2D eigenvalue weighted by Gasteiger charge is -2.26. The topological polar surface area (TPSA) is 109 Å². The lowest BCUT2D eigenvalue weighted by molar-refractivity contribution is 0.0996. The molecule has 0 aliphatic rings. The molecule has 0 spiro atoms. The maximum Gasteiger partial charge on any atom is 0.272 e. The minimum absolute atomic E-state index is 0.0130. The van der Waals surface area contributed by atoms with Crippen LogP contribution in [-0.4, -0.2) is 28.6 Å². The van der Waals surface area contributed by atoms with Gasteiger partial charge in [0.2, 0.25) is 0 Å². The largest absolute Gasteiger partial charge is 0.272 e. The molecule has 45 heavy (non-hydrogen) atoms. The van der Waals surface area contributed by atoms with Crippen molar-refractivity contribution in [2.45, 2.75) is 9.79 Å². The van der Waals surface area contributed by atoms with Gasteiger partial charge in [-0.15, -0.1) is 0 Å². The van der Waals surface area contributed by atoms with Crippen molar-refractivity contribution in [1.82, 2.24) is 0 Å². The first-order valence-corrected chi connectivity index (χ1v) is 17.4. The second-order valence-corrected chi connectivity index (χ2v) is 14.7. The van der Waals surface area contributed by atoms with Gasteiger partial charge in [0.25, 0.3) is 31.9 Å². The molecule has 13 heteroatoms. The zero-order chi connectivity index (χ0) is 32.4. The quantitative estimate of drug-likeness (QED) is 0.160. The van der Waals surface area contributed by atoms with Crippen LogP contribution in [0.2, 0.25) is 10.0 Å². The predicted octanol–water partition coefficient (Wildman–Crippen LogP) is 7.83. The van der Waals surface area contributed by atoms with Crippen LogP contribution in [0.25, 0.3) is 0 Å². The molecule has 0 radical (unpaired) electrons. The molecule has 0 aromatic heterocycles. The van der Waals surface area contributed by atoms with E-state index in [1.165, 1.54) is 91.0 Å². The van der Waals surface area contributed by atoms with E-state index in [1.807, 2.05) is 0 Å². The number of nitrogens with zero attached hydrogens (tertiary/aromatic N) is 2. The summed E-state index contributed by atoms with van der Waals surface area (Å²) in [5, 5.41) is 0.595. The molecule has 0 atom stereocenters. The Balaban J connectivity index is 1.68. The first kappa shape index (κ1) is 32.4. The highest BCUT2D eigenvalue weighted by Crippen LogP contribution is 2.37. The van der Waals surface area contributed by atoms with Crippen LogP contribution in [0.5, 0.6) is 0 Å². The van der Waals surface area contributed by atoms with Gasteiger partial charge in [-0.05, 0) is 107 Å². The minimum atomic E-state index is -4.52. The summed E-state index contributed by atoms with van der Waals surface area (Å²) in [5.41, 5.74) is -0.0809. The number of amides is 2.